The molecule has 6 heteroatoms. The molecule has 0 heterocycles. The minimum atomic E-state index is -0.139. The Labute approximate surface area is 113 Å². The molecule has 1 rings (SSSR count). The van der Waals surface area contributed by atoms with E-state index in [2.05, 4.69) is 10.6 Å². The number of carbonyl (C=O) groups is 1. The van der Waals surface area contributed by atoms with Crippen LogP contribution in [0.2, 0.25) is 0 Å². The van der Waals surface area contributed by atoms with E-state index >= 15 is 0 Å². The Balaban J connectivity index is 2.46. The van der Waals surface area contributed by atoms with Gasteiger partial charge in [0, 0.05) is 26.3 Å². The lowest BCUT2D eigenvalue weighted by atomic mass is 10.1. The van der Waals surface area contributed by atoms with E-state index in [1.165, 1.54) is 0 Å². The SMILES string of the molecule is CNC(=O)c1ccc(N)c(NCCOCCOC)c1. The molecule has 0 fully saturated rings. The standard InChI is InChI=1S/C13H21N3O3/c1-15-13(17)10-3-4-11(14)12(9-10)16-5-6-19-8-7-18-2/h3-4,9,16H,5-8,14H2,1-2H3,(H,15,17). The van der Waals surface area contributed by atoms with Gasteiger partial charge in [-0.15, -0.1) is 0 Å². The number of nitrogens with one attached hydrogen (secondary N) is 2. The Hall–Kier alpha value is -1.79. The molecule has 0 atom stereocenters. The average Bonchev–Trinajstić information content (AvgIpc) is 2.43. The Morgan fingerprint density at radius 3 is 2.79 bits per heavy atom. The van der Waals surface area contributed by atoms with Crippen LogP contribution in [0, 0.1) is 0 Å². The first-order chi connectivity index (χ1) is 9.19. The summed E-state index contributed by atoms with van der Waals surface area (Å²) in [4.78, 5) is 11.5. The van der Waals surface area contributed by atoms with Crippen LogP contribution in [0.4, 0.5) is 11.4 Å². The number of ether oxygens (including phenoxy) is 2. The molecule has 0 unspecified atom stereocenters. The number of nitrogen functional groups attached to an aromatic ring is 1. The largest absolute Gasteiger partial charge is 0.397 e. The maximum atomic E-state index is 11.5. The van der Waals surface area contributed by atoms with Crippen molar-refractivity contribution in [2.45, 2.75) is 0 Å². The van der Waals surface area contributed by atoms with Crippen LogP contribution in [0.3, 0.4) is 0 Å². The van der Waals surface area contributed by atoms with Crippen LogP contribution in [0.25, 0.3) is 0 Å². The van der Waals surface area contributed by atoms with E-state index in [0.717, 1.165) is 5.69 Å². The third kappa shape index (κ3) is 5.15. The van der Waals surface area contributed by atoms with E-state index in [1.807, 2.05) is 0 Å². The number of hydrogen-bond donors (Lipinski definition) is 3. The smallest absolute Gasteiger partial charge is 0.251 e. The van der Waals surface area contributed by atoms with Gasteiger partial charge in [-0.3, -0.25) is 4.79 Å². The highest BCUT2D eigenvalue weighted by atomic mass is 16.5. The Bertz CT molecular complexity index is 410. The first kappa shape index (κ1) is 15.3. The molecule has 0 radical (unpaired) electrons. The number of carbonyl (C=O) groups excluding carboxylic acids is 1. The summed E-state index contributed by atoms with van der Waals surface area (Å²) >= 11 is 0. The van der Waals surface area contributed by atoms with Crippen molar-refractivity contribution in [3.8, 4) is 0 Å². The Kier molecular flexibility index (Phi) is 6.70. The van der Waals surface area contributed by atoms with Gasteiger partial charge in [-0.2, -0.15) is 0 Å². The number of hydrogen-bond acceptors (Lipinski definition) is 5. The van der Waals surface area contributed by atoms with Crippen molar-refractivity contribution in [1.82, 2.24) is 5.32 Å². The topological polar surface area (TPSA) is 85.6 Å². The summed E-state index contributed by atoms with van der Waals surface area (Å²) in [6, 6.07) is 5.12. The number of methoxy groups -OCH3 is 1. The molecule has 0 spiro atoms. The van der Waals surface area contributed by atoms with Crippen LogP contribution in [-0.2, 0) is 9.47 Å². The molecule has 19 heavy (non-hydrogen) atoms. The van der Waals surface area contributed by atoms with Crippen molar-refractivity contribution in [3.05, 3.63) is 23.8 Å². The monoisotopic (exact) mass is 267 g/mol. The van der Waals surface area contributed by atoms with E-state index < -0.39 is 0 Å². The maximum Gasteiger partial charge on any atom is 0.251 e. The molecular formula is C13H21N3O3. The lowest BCUT2D eigenvalue weighted by Crippen LogP contribution is -2.18. The molecular weight excluding hydrogens is 246 g/mol. The zero-order chi connectivity index (χ0) is 14.1. The Morgan fingerprint density at radius 2 is 2.11 bits per heavy atom. The van der Waals surface area contributed by atoms with Gasteiger partial charge in [0.2, 0.25) is 0 Å². The molecule has 4 N–H and O–H groups in total. The number of anilines is 2. The van der Waals surface area contributed by atoms with E-state index in [4.69, 9.17) is 15.2 Å². The molecule has 0 bridgehead atoms. The van der Waals surface area contributed by atoms with E-state index in [9.17, 15) is 4.79 Å². The molecule has 106 valence electrons. The fourth-order valence-corrected chi connectivity index (χ4v) is 1.50. The fourth-order valence-electron chi connectivity index (χ4n) is 1.50. The second-order valence-electron chi connectivity index (χ2n) is 3.91. The minimum Gasteiger partial charge on any atom is -0.397 e. The van der Waals surface area contributed by atoms with Crippen LogP contribution in [-0.4, -0.2) is 46.4 Å². The van der Waals surface area contributed by atoms with E-state index in [-0.39, 0.29) is 5.91 Å². The number of amides is 1. The highest BCUT2D eigenvalue weighted by Gasteiger charge is 2.06. The third-order valence-corrected chi connectivity index (χ3v) is 2.54. The van der Waals surface area contributed by atoms with E-state index in [1.54, 1.807) is 32.4 Å². The molecule has 1 amide bonds. The Morgan fingerprint density at radius 1 is 1.32 bits per heavy atom. The summed E-state index contributed by atoms with van der Waals surface area (Å²) < 4.78 is 10.2. The third-order valence-electron chi connectivity index (χ3n) is 2.54. The predicted molar refractivity (Wildman–Crippen MR) is 75.4 cm³/mol. The van der Waals surface area contributed by atoms with Crippen LogP contribution < -0.4 is 16.4 Å². The van der Waals surface area contributed by atoms with Gasteiger partial charge in [-0.1, -0.05) is 0 Å². The predicted octanol–water partition coefficient (Wildman–Crippen LogP) is 0.703. The van der Waals surface area contributed by atoms with Gasteiger partial charge in [-0.05, 0) is 18.2 Å². The van der Waals surface area contributed by atoms with E-state index in [0.29, 0.717) is 37.6 Å². The molecule has 1 aromatic carbocycles. The van der Waals surface area contributed by atoms with Crippen molar-refractivity contribution in [2.24, 2.45) is 0 Å². The first-order valence-electron chi connectivity index (χ1n) is 6.11. The van der Waals surface area contributed by atoms with Crippen molar-refractivity contribution in [1.29, 1.82) is 0 Å². The summed E-state index contributed by atoms with van der Waals surface area (Å²) in [5.41, 5.74) is 7.74. The normalized spacial score (nSPS) is 10.2. The van der Waals surface area contributed by atoms with Gasteiger partial charge in [0.05, 0.1) is 31.2 Å². The van der Waals surface area contributed by atoms with Crippen LogP contribution in [0.5, 0.6) is 0 Å². The minimum absolute atomic E-state index is 0.139. The van der Waals surface area contributed by atoms with Crippen molar-refractivity contribution < 1.29 is 14.3 Å². The summed E-state index contributed by atoms with van der Waals surface area (Å²) in [5.74, 6) is -0.139. The quantitative estimate of drug-likeness (QED) is 0.477. The maximum absolute atomic E-state index is 11.5. The van der Waals surface area contributed by atoms with Gasteiger partial charge in [0.15, 0.2) is 0 Å². The molecule has 0 aromatic heterocycles. The van der Waals surface area contributed by atoms with Crippen molar-refractivity contribution in [2.75, 3.05) is 51.6 Å². The summed E-state index contributed by atoms with van der Waals surface area (Å²) in [7, 11) is 3.22. The zero-order valence-corrected chi connectivity index (χ0v) is 11.4. The van der Waals surface area contributed by atoms with Gasteiger partial charge in [-0.25, -0.2) is 0 Å². The highest BCUT2D eigenvalue weighted by molar-refractivity contribution is 5.96. The molecule has 0 saturated carbocycles. The second kappa shape index (κ2) is 8.34. The first-order valence-corrected chi connectivity index (χ1v) is 6.11. The summed E-state index contributed by atoms with van der Waals surface area (Å²) in [6.07, 6.45) is 0. The molecule has 1 aromatic rings. The number of nitrogens with two attached hydrogens (primary N) is 1. The van der Waals surface area contributed by atoms with Crippen LogP contribution in [0.1, 0.15) is 10.4 Å². The van der Waals surface area contributed by atoms with Gasteiger partial charge < -0.3 is 25.8 Å². The van der Waals surface area contributed by atoms with Crippen LogP contribution >= 0.6 is 0 Å². The lowest BCUT2D eigenvalue weighted by molar-refractivity contribution is 0.0759. The molecule has 0 saturated heterocycles. The van der Waals surface area contributed by atoms with Crippen molar-refractivity contribution >= 4 is 17.3 Å². The fraction of sp³-hybridized carbons (Fsp3) is 0.462. The number of benzene rings is 1. The van der Waals surface area contributed by atoms with Crippen molar-refractivity contribution in [3.63, 3.8) is 0 Å². The average molecular weight is 267 g/mol. The lowest BCUT2D eigenvalue weighted by Gasteiger charge is -2.11. The molecule has 0 aliphatic carbocycles. The highest BCUT2D eigenvalue weighted by Crippen LogP contribution is 2.19. The summed E-state index contributed by atoms with van der Waals surface area (Å²) in [6.45, 7) is 2.30. The zero-order valence-electron chi connectivity index (χ0n) is 11.4. The number of rotatable bonds is 8. The molecule has 0 aliphatic rings. The molecule has 0 aliphatic heterocycles. The van der Waals surface area contributed by atoms with Gasteiger partial charge in [0.1, 0.15) is 0 Å². The van der Waals surface area contributed by atoms with Gasteiger partial charge >= 0.3 is 0 Å². The second-order valence-corrected chi connectivity index (χ2v) is 3.91. The van der Waals surface area contributed by atoms with Crippen LogP contribution in [0.15, 0.2) is 18.2 Å². The summed E-state index contributed by atoms with van der Waals surface area (Å²) in [5, 5.41) is 5.71. The molecule has 6 nitrogen and oxygen atoms in total. The van der Waals surface area contributed by atoms with Gasteiger partial charge in [0.25, 0.3) is 5.91 Å².